The van der Waals surface area contributed by atoms with E-state index in [2.05, 4.69) is 53.9 Å². The van der Waals surface area contributed by atoms with Gasteiger partial charge in [0.05, 0.1) is 17.9 Å². The van der Waals surface area contributed by atoms with E-state index in [-0.39, 0.29) is 12.2 Å². The molecule has 1 spiro atoms. The lowest BCUT2D eigenvalue weighted by molar-refractivity contribution is 0.0515. The Labute approximate surface area is 236 Å². The van der Waals surface area contributed by atoms with Crippen molar-refractivity contribution in [3.63, 3.8) is 0 Å². The first kappa shape index (κ1) is 26.4. The number of anilines is 3. The molecule has 5 heterocycles. The van der Waals surface area contributed by atoms with Gasteiger partial charge < -0.3 is 25.0 Å². The number of aromatic nitrogens is 3. The zero-order chi connectivity index (χ0) is 27.4. The van der Waals surface area contributed by atoms with Crippen LogP contribution in [0.1, 0.15) is 31.4 Å². The number of nitrogen functional groups attached to an aromatic ring is 1. The number of methoxy groups -OCH3 is 1. The van der Waals surface area contributed by atoms with Crippen LogP contribution in [0.5, 0.6) is 5.75 Å². The summed E-state index contributed by atoms with van der Waals surface area (Å²) in [7, 11) is 1.60. The third-order valence-corrected chi connectivity index (χ3v) is 8.07. The Balaban J connectivity index is 1.07. The third-order valence-electron chi connectivity index (χ3n) is 8.07. The average Bonchev–Trinajstić information content (AvgIpc) is 3.21. The molecule has 3 aromatic rings. The van der Waals surface area contributed by atoms with Crippen molar-refractivity contribution in [1.82, 2.24) is 20.1 Å². The Morgan fingerprint density at radius 1 is 0.950 bits per heavy atom. The lowest BCUT2D eigenvalue weighted by atomic mass is 9.72. The van der Waals surface area contributed by atoms with Crippen molar-refractivity contribution in [2.45, 2.75) is 25.7 Å². The normalized spacial score (nSPS) is 18.3. The van der Waals surface area contributed by atoms with Crippen LogP contribution in [0.3, 0.4) is 0 Å². The number of nitrogens with zero attached hydrogens (tertiary/aromatic N) is 6. The van der Waals surface area contributed by atoms with Crippen LogP contribution < -0.4 is 20.3 Å². The van der Waals surface area contributed by atoms with E-state index in [4.69, 9.17) is 15.2 Å². The van der Waals surface area contributed by atoms with Gasteiger partial charge in [0.1, 0.15) is 11.4 Å². The third kappa shape index (κ3) is 5.69. The molecule has 2 N–H and O–H groups in total. The van der Waals surface area contributed by atoms with Crippen molar-refractivity contribution in [3.05, 3.63) is 54.4 Å². The molecule has 0 atom stereocenters. The number of benzene rings is 1. The average molecular weight is 540 g/mol. The number of pyridine rings is 1. The first-order chi connectivity index (χ1) is 19.6. The second-order valence-corrected chi connectivity index (χ2v) is 11.2. The topological polar surface area (TPSA) is 92.9 Å². The highest BCUT2D eigenvalue weighted by molar-refractivity contribution is 5.75. The Morgan fingerprint density at radius 2 is 1.73 bits per heavy atom. The maximum atomic E-state index is 6.27. The monoisotopic (exact) mass is 539 g/mol. The van der Waals surface area contributed by atoms with E-state index in [9.17, 15) is 0 Å². The molecule has 3 aliphatic rings. The summed E-state index contributed by atoms with van der Waals surface area (Å²) < 4.78 is 10.8. The number of rotatable bonds is 7. The number of para-hydroxylation sites is 1. The Kier molecular flexibility index (Phi) is 7.71. The van der Waals surface area contributed by atoms with Gasteiger partial charge >= 0.3 is 0 Å². The largest absolute Gasteiger partial charge is 0.467 e. The molecule has 2 aromatic heterocycles. The van der Waals surface area contributed by atoms with Gasteiger partial charge in [-0.1, -0.05) is 30.9 Å². The number of hydrogen-bond donors (Lipinski definition) is 1. The first-order valence-corrected chi connectivity index (χ1v) is 14.1. The molecule has 3 saturated heterocycles. The van der Waals surface area contributed by atoms with Crippen LogP contribution in [0.25, 0.3) is 11.3 Å². The summed E-state index contributed by atoms with van der Waals surface area (Å²) >= 11 is 0. The van der Waals surface area contributed by atoms with Gasteiger partial charge in [0.25, 0.3) is 0 Å². The number of ether oxygens (including phenoxy) is 2. The van der Waals surface area contributed by atoms with E-state index >= 15 is 0 Å². The fourth-order valence-electron chi connectivity index (χ4n) is 6.00. The van der Waals surface area contributed by atoms with E-state index in [1.165, 1.54) is 31.4 Å². The van der Waals surface area contributed by atoms with Crippen molar-refractivity contribution in [2.75, 3.05) is 75.2 Å². The summed E-state index contributed by atoms with van der Waals surface area (Å²) in [6.45, 7) is 7.21. The van der Waals surface area contributed by atoms with E-state index < -0.39 is 0 Å². The molecule has 0 radical (unpaired) electrons. The van der Waals surface area contributed by atoms with Gasteiger partial charge in [-0.3, -0.25) is 4.90 Å². The molecule has 0 amide bonds. The summed E-state index contributed by atoms with van der Waals surface area (Å²) in [5.41, 5.74) is 11.1. The van der Waals surface area contributed by atoms with Crippen LogP contribution in [-0.4, -0.2) is 79.8 Å². The Bertz CT molecular complexity index is 1380. The van der Waals surface area contributed by atoms with Gasteiger partial charge in [0, 0.05) is 56.2 Å². The SMILES string of the molecule is COCOc1ccccc1-c1cc(N2CC3(CN(c4ccnc(C#CCN5CCCCCC5)c4)C3)C2)c(N)nn1. The maximum Gasteiger partial charge on any atom is 0.188 e. The van der Waals surface area contributed by atoms with Gasteiger partial charge in [0.2, 0.25) is 0 Å². The van der Waals surface area contributed by atoms with Crippen LogP contribution in [0, 0.1) is 17.3 Å². The highest BCUT2D eigenvalue weighted by Crippen LogP contribution is 2.45. The zero-order valence-corrected chi connectivity index (χ0v) is 23.2. The lowest BCUT2D eigenvalue weighted by Gasteiger charge is -2.61. The van der Waals surface area contributed by atoms with Crippen LogP contribution in [0.15, 0.2) is 48.7 Å². The van der Waals surface area contributed by atoms with Crippen molar-refractivity contribution in [2.24, 2.45) is 5.41 Å². The van der Waals surface area contributed by atoms with Gasteiger partial charge in [0.15, 0.2) is 12.6 Å². The van der Waals surface area contributed by atoms with E-state index in [0.29, 0.717) is 11.6 Å². The molecule has 3 aliphatic heterocycles. The second-order valence-electron chi connectivity index (χ2n) is 11.2. The van der Waals surface area contributed by atoms with E-state index in [1.807, 2.05) is 36.5 Å². The molecule has 0 bridgehead atoms. The van der Waals surface area contributed by atoms with E-state index in [0.717, 1.165) is 68.5 Å². The molecule has 0 saturated carbocycles. The van der Waals surface area contributed by atoms with Gasteiger partial charge in [-0.05, 0) is 62.2 Å². The molecule has 3 fully saturated rings. The zero-order valence-electron chi connectivity index (χ0n) is 23.2. The minimum atomic E-state index is 0.168. The quantitative estimate of drug-likeness (QED) is 0.357. The smallest absolute Gasteiger partial charge is 0.188 e. The van der Waals surface area contributed by atoms with E-state index in [1.54, 1.807) is 7.11 Å². The summed E-state index contributed by atoms with van der Waals surface area (Å²) in [5.74, 6) is 7.79. The summed E-state index contributed by atoms with van der Waals surface area (Å²) in [4.78, 5) is 11.7. The lowest BCUT2D eigenvalue weighted by Crippen LogP contribution is -2.72. The Hall–Kier alpha value is -3.87. The molecular weight excluding hydrogens is 502 g/mol. The Morgan fingerprint density at radius 3 is 2.52 bits per heavy atom. The molecule has 9 heteroatoms. The van der Waals surface area contributed by atoms with Crippen LogP contribution in [0.2, 0.25) is 0 Å². The van der Waals surface area contributed by atoms with Crippen molar-refractivity contribution >= 4 is 17.2 Å². The summed E-state index contributed by atoms with van der Waals surface area (Å²) in [6, 6.07) is 14.0. The minimum absolute atomic E-state index is 0.168. The van der Waals surface area contributed by atoms with Gasteiger partial charge in [-0.2, -0.15) is 0 Å². The molecule has 1 aromatic carbocycles. The summed E-state index contributed by atoms with van der Waals surface area (Å²) in [6.07, 6.45) is 7.13. The predicted octanol–water partition coefficient (Wildman–Crippen LogP) is 3.66. The van der Waals surface area contributed by atoms with Gasteiger partial charge in [-0.25, -0.2) is 4.98 Å². The van der Waals surface area contributed by atoms with Crippen molar-refractivity contribution < 1.29 is 9.47 Å². The number of likely N-dealkylation sites (tertiary alicyclic amines) is 1. The molecular formula is C31H37N7O2. The number of hydrogen-bond acceptors (Lipinski definition) is 9. The summed E-state index contributed by atoms with van der Waals surface area (Å²) in [5, 5.41) is 8.62. The van der Waals surface area contributed by atoms with Crippen LogP contribution >= 0.6 is 0 Å². The van der Waals surface area contributed by atoms with Crippen molar-refractivity contribution in [3.8, 4) is 28.8 Å². The minimum Gasteiger partial charge on any atom is -0.467 e. The molecule has 40 heavy (non-hydrogen) atoms. The standard InChI is InChI=1S/C31H37N7O2/c1-39-23-40-29-11-5-4-10-26(29)27-18-28(30(32)35-34-27)38-21-31(22-38)19-37(20-31)25-12-13-33-24(17-25)9-8-16-36-14-6-2-3-7-15-36/h4-5,10-13,17-18H,2-3,6-7,14-16,19-23H2,1H3,(H2,32,35). The predicted molar refractivity (Wildman–Crippen MR) is 157 cm³/mol. The molecule has 208 valence electrons. The van der Waals surface area contributed by atoms with Crippen molar-refractivity contribution in [1.29, 1.82) is 0 Å². The van der Waals surface area contributed by atoms with Crippen LogP contribution in [-0.2, 0) is 4.74 Å². The maximum absolute atomic E-state index is 6.27. The number of nitrogens with two attached hydrogens (primary N) is 1. The molecule has 0 aliphatic carbocycles. The highest BCUT2D eigenvalue weighted by Gasteiger charge is 2.52. The fraction of sp³-hybridized carbons (Fsp3) is 0.452. The first-order valence-electron chi connectivity index (χ1n) is 14.1. The fourth-order valence-corrected chi connectivity index (χ4v) is 6.00. The molecule has 6 rings (SSSR count). The second kappa shape index (κ2) is 11.7. The van der Waals surface area contributed by atoms with Gasteiger partial charge in [-0.15, -0.1) is 10.2 Å². The highest BCUT2D eigenvalue weighted by atomic mass is 16.7. The molecule has 9 nitrogen and oxygen atoms in total. The molecule has 0 unspecified atom stereocenters. The van der Waals surface area contributed by atoms with Crippen LogP contribution in [0.4, 0.5) is 17.2 Å².